The summed E-state index contributed by atoms with van der Waals surface area (Å²) >= 11 is 3.42. The van der Waals surface area contributed by atoms with Crippen molar-refractivity contribution in [3.8, 4) is 23.3 Å². The second-order valence-corrected chi connectivity index (χ2v) is 4.08. The zero-order chi connectivity index (χ0) is 12.7. The van der Waals surface area contributed by atoms with Crippen molar-refractivity contribution in [2.45, 2.75) is 12.8 Å². The zero-order valence-electron chi connectivity index (χ0n) is 9.92. The number of benzene rings is 1. The normalized spacial score (nSPS) is 9.41. The fourth-order valence-electron chi connectivity index (χ4n) is 1.32. The number of hydrogen-bond donors (Lipinski definition) is 1. The van der Waals surface area contributed by atoms with Gasteiger partial charge < -0.3 is 14.6 Å². The molecule has 1 aromatic rings. The molecule has 0 unspecified atom stereocenters. The first-order chi connectivity index (χ1) is 8.24. The van der Waals surface area contributed by atoms with E-state index in [1.54, 1.807) is 14.2 Å². The van der Waals surface area contributed by atoms with Gasteiger partial charge >= 0.3 is 0 Å². The molecule has 1 rings (SSSR count). The Kier molecular flexibility index (Phi) is 5.88. The minimum Gasteiger partial charge on any atom is -0.495 e. The van der Waals surface area contributed by atoms with E-state index in [1.807, 2.05) is 12.1 Å². The van der Waals surface area contributed by atoms with E-state index >= 15 is 0 Å². The fourth-order valence-corrected chi connectivity index (χ4v) is 1.99. The van der Waals surface area contributed by atoms with E-state index in [9.17, 15) is 0 Å². The van der Waals surface area contributed by atoms with Gasteiger partial charge in [-0.1, -0.05) is 11.8 Å². The van der Waals surface area contributed by atoms with Crippen molar-refractivity contribution < 1.29 is 14.6 Å². The van der Waals surface area contributed by atoms with E-state index < -0.39 is 0 Å². The molecule has 0 heterocycles. The molecule has 0 bridgehead atoms. The third kappa shape index (κ3) is 3.65. The van der Waals surface area contributed by atoms with E-state index in [0.717, 1.165) is 10.0 Å². The highest BCUT2D eigenvalue weighted by Gasteiger charge is 2.10. The smallest absolute Gasteiger partial charge is 0.152 e. The molecule has 0 aliphatic carbocycles. The highest BCUT2D eigenvalue weighted by molar-refractivity contribution is 9.10. The van der Waals surface area contributed by atoms with Gasteiger partial charge in [-0.25, -0.2) is 0 Å². The Balaban J connectivity index is 2.99. The standard InChI is InChI=1S/C13H15BrO3/c1-16-11-8-7-10(6-4-3-5-9-15)13(17-2)12(11)14/h7-8,15H,3,5,9H2,1-2H3. The van der Waals surface area contributed by atoms with E-state index in [2.05, 4.69) is 27.8 Å². The van der Waals surface area contributed by atoms with Crippen molar-refractivity contribution in [1.29, 1.82) is 0 Å². The average Bonchev–Trinajstić information content (AvgIpc) is 2.35. The van der Waals surface area contributed by atoms with Crippen LogP contribution in [0.1, 0.15) is 18.4 Å². The molecule has 0 aromatic heterocycles. The number of aliphatic hydroxyl groups is 1. The van der Waals surface area contributed by atoms with Gasteiger partial charge in [0.25, 0.3) is 0 Å². The molecule has 92 valence electrons. The molecule has 0 aliphatic rings. The molecule has 0 spiro atoms. The van der Waals surface area contributed by atoms with Gasteiger partial charge in [-0.15, -0.1) is 0 Å². The van der Waals surface area contributed by atoms with Crippen molar-refractivity contribution in [2.24, 2.45) is 0 Å². The third-order valence-electron chi connectivity index (χ3n) is 2.17. The molecule has 0 saturated carbocycles. The second kappa shape index (κ2) is 7.21. The number of hydrogen-bond acceptors (Lipinski definition) is 3. The molecular weight excluding hydrogens is 284 g/mol. The number of ether oxygens (including phenoxy) is 2. The first-order valence-electron chi connectivity index (χ1n) is 5.24. The van der Waals surface area contributed by atoms with E-state index in [4.69, 9.17) is 14.6 Å². The summed E-state index contributed by atoms with van der Waals surface area (Å²) in [7, 11) is 3.20. The van der Waals surface area contributed by atoms with Crippen LogP contribution in [0.25, 0.3) is 0 Å². The van der Waals surface area contributed by atoms with Crippen LogP contribution in [0, 0.1) is 11.8 Å². The van der Waals surface area contributed by atoms with E-state index in [1.165, 1.54) is 0 Å². The topological polar surface area (TPSA) is 38.7 Å². The van der Waals surface area contributed by atoms with E-state index in [0.29, 0.717) is 24.3 Å². The van der Waals surface area contributed by atoms with Crippen LogP contribution in [0.15, 0.2) is 16.6 Å². The van der Waals surface area contributed by atoms with Crippen LogP contribution in [-0.2, 0) is 0 Å². The molecule has 0 aliphatic heterocycles. The number of aliphatic hydroxyl groups excluding tert-OH is 1. The molecule has 3 nitrogen and oxygen atoms in total. The lowest BCUT2D eigenvalue weighted by molar-refractivity contribution is 0.290. The van der Waals surface area contributed by atoms with Crippen molar-refractivity contribution in [1.82, 2.24) is 0 Å². The average molecular weight is 299 g/mol. The Bertz CT molecular complexity index is 432. The molecule has 1 N–H and O–H groups in total. The fraction of sp³-hybridized carbons (Fsp3) is 0.385. The van der Waals surface area contributed by atoms with Gasteiger partial charge in [-0.05, 0) is 34.5 Å². The number of halogens is 1. The van der Waals surface area contributed by atoms with Crippen LogP contribution in [-0.4, -0.2) is 25.9 Å². The zero-order valence-corrected chi connectivity index (χ0v) is 11.5. The van der Waals surface area contributed by atoms with Crippen LogP contribution in [0.3, 0.4) is 0 Å². The molecule has 0 amide bonds. The Morgan fingerprint density at radius 1 is 1.29 bits per heavy atom. The summed E-state index contributed by atoms with van der Waals surface area (Å²) in [5, 5.41) is 8.66. The van der Waals surface area contributed by atoms with Gasteiger partial charge in [0.15, 0.2) is 5.75 Å². The Morgan fingerprint density at radius 3 is 2.65 bits per heavy atom. The largest absolute Gasteiger partial charge is 0.495 e. The van der Waals surface area contributed by atoms with Gasteiger partial charge in [-0.2, -0.15) is 0 Å². The lowest BCUT2D eigenvalue weighted by Crippen LogP contribution is -1.93. The maximum atomic E-state index is 8.66. The highest BCUT2D eigenvalue weighted by atomic mass is 79.9. The maximum Gasteiger partial charge on any atom is 0.152 e. The Morgan fingerprint density at radius 2 is 2.06 bits per heavy atom. The summed E-state index contributed by atoms with van der Waals surface area (Å²) < 4.78 is 11.2. The Hall–Kier alpha value is -1.18. The second-order valence-electron chi connectivity index (χ2n) is 3.29. The molecule has 17 heavy (non-hydrogen) atoms. The van der Waals surface area contributed by atoms with E-state index in [-0.39, 0.29) is 6.61 Å². The quantitative estimate of drug-likeness (QED) is 0.686. The molecule has 0 atom stereocenters. The van der Waals surface area contributed by atoms with Gasteiger partial charge in [0.05, 0.1) is 19.8 Å². The summed E-state index contributed by atoms with van der Waals surface area (Å²) in [5.74, 6) is 7.39. The minimum atomic E-state index is 0.165. The van der Waals surface area contributed by atoms with Gasteiger partial charge in [0, 0.05) is 13.0 Å². The third-order valence-corrected chi connectivity index (χ3v) is 2.92. The molecule has 0 fully saturated rings. The molecule has 4 heteroatoms. The van der Waals surface area contributed by atoms with Crippen molar-refractivity contribution in [2.75, 3.05) is 20.8 Å². The number of rotatable bonds is 4. The van der Waals surface area contributed by atoms with Crippen molar-refractivity contribution >= 4 is 15.9 Å². The van der Waals surface area contributed by atoms with Crippen LogP contribution < -0.4 is 9.47 Å². The maximum absolute atomic E-state index is 8.66. The molecule has 0 saturated heterocycles. The highest BCUT2D eigenvalue weighted by Crippen LogP contribution is 2.36. The van der Waals surface area contributed by atoms with Gasteiger partial charge in [0.1, 0.15) is 10.2 Å². The van der Waals surface area contributed by atoms with Crippen LogP contribution in [0.2, 0.25) is 0 Å². The first-order valence-corrected chi connectivity index (χ1v) is 6.04. The number of methoxy groups -OCH3 is 2. The number of unbranched alkanes of at least 4 members (excludes halogenated alkanes) is 1. The summed E-state index contributed by atoms with van der Waals surface area (Å²) in [6.07, 6.45) is 1.36. The summed E-state index contributed by atoms with van der Waals surface area (Å²) in [4.78, 5) is 0. The SMILES string of the molecule is COc1ccc(C#CCCCO)c(OC)c1Br. The minimum absolute atomic E-state index is 0.165. The predicted octanol–water partition coefficient (Wildman–Crippen LogP) is 2.59. The lowest BCUT2D eigenvalue weighted by Gasteiger charge is -2.09. The lowest BCUT2D eigenvalue weighted by atomic mass is 10.2. The van der Waals surface area contributed by atoms with Crippen LogP contribution in [0.5, 0.6) is 11.5 Å². The summed E-state index contributed by atoms with van der Waals surface area (Å²) in [6, 6.07) is 3.69. The predicted molar refractivity (Wildman–Crippen MR) is 70.4 cm³/mol. The molecule has 1 aromatic carbocycles. The monoisotopic (exact) mass is 298 g/mol. The first kappa shape index (κ1) is 13.9. The van der Waals surface area contributed by atoms with Crippen molar-refractivity contribution in [3.05, 3.63) is 22.2 Å². The van der Waals surface area contributed by atoms with Crippen molar-refractivity contribution in [3.63, 3.8) is 0 Å². The van der Waals surface area contributed by atoms with Crippen LogP contribution in [0.4, 0.5) is 0 Å². The summed E-state index contributed by atoms with van der Waals surface area (Å²) in [6.45, 7) is 0.165. The van der Waals surface area contributed by atoms with Gasteiger partial charge in [-0.3, -0.25) is 0 Å². The van der Waals surface area contributed by atoms with Crippen LogP contribution >= 0.6 is 15.9 Å². The summed E-state index contributed by atoms with van der Waals surface area (Å²) in [5.41, 5.74) is 0.804. The van der Waals surface area contributed by atoms with Gasteiger partial charge in [0.2, 0.25) is 0 Å². The Labute approximate surface area is 110 Å². The molecule has 0 radical (unpaired) electrons. The molecular formula is C13H15BrO3.